The van der Waals surface area contributed by atoms with E-state index in [0.717, 1.165) is 21.9 Å². The summed E-state index contributed by atoms with van der Waals surface area (Å²) in [6, 6.07) is 10.1. The van der Waals surface area contributed by atoms with Crippen LogP contribution in [0.4, 0.5) is 0 Å². The van der Waals surface area contributed by atoms with E-state index in [-0.39, 0.29) is 18.3 Å². The molecule has 3 rings (SSSR count). The zero-order chi connectivity index (χ0) is 20.8. The van der Waals surface area contributed by atoms with Crippen LogP contribution < -0.4 is 10.1 Å². The molecule has 0 aliphatic heterocycles. The summed E-state index contributed by atoms with van der Waals surface area (Å²) >= 11 is 1.48. The molecule has 0 aliphatic rings. The lowest BCUT2D eigenvalue weighted by atomic mass is 10.1. The first-order valence-corrected chi connectivity index (χ1v) is 9.91. The van der Waals surface area contributed by atoms with Crippen molar-refractivity contribution in [3.8, 4) is 5.75 Å². The van der Waals surface area contributed by atoms with Crippen LogP contribution in [0.1, 0.15) is 44.7 Å². The van der Waals surface area contributed by atoms with Crippen LogP contribution in [0.25, 0.3) is 0 Å². The Morgan fingerprint density at radius 3 is 2.55 bits per heavy atom. The molecule has 152 valence electrons. The van der Waals surface area contributed by atoms with Crippen molar-refractivity contribution < 1.29 is 23.6 Å². The van der Waals surface area contributed by atoms with Gasteiger partial charge in [-0.15, -0.1) is 11.3 Å². The van der Waals surface area contributed by atoms with Gasteiger partial charge in [0.15, 0.2) is 0 Å². The molecule has 1 atom stereocenters. The monoisotopic (exact) mass is 414 g/mol. The number of rotatable bonds is 8. The molecule has 0 aliphatic carbocycles. The molecule has 29 heavy (non-hydrogen) atoms. The van der Waals surface area contributed by atoms with Crippen LogP contribution in [-0.2, 0) is 16.1 Å². The van der Waals surface area contributed by atoms with E-state index in [1.807, 2.05) is 31.4 Å². The minimum absolute atomic E-state index is 0.0708. The topological polar surface area (TPSA) is 90.7 Å². The summed E-state index contributed by atoms with van der Waals surface area (Å²) < 4.78 is 15.6. The number of ether oxygens (including phenoxy) is 2. The van der Waals surface area contributed by atoms with E-state index in [4.69, 9.17) is 14.0 Å². The van der Waals surface area contributed by atoms with E-state index in [0.29, 0.717) is 17.9 Å². The zero-order valence-electron chi connectivity index (χ0n) is 16.4. The number of benzene rings is 1. The smallest absolute Gasteiger partial charge is 0.307 e. The molecule has 0 saturated heterocycles. The third-order valence-electron chi connectivity index (χ3n) is 4.47. The van der Waals surface area contributed by atoms with Gasteiger partial charge in [0.05, 0.1) is 30.8 Å². The largest absolute Gasteiger partial charge is 0.489 e. The number of nitrogens with zero attached hydrogens (tertiary/aromatic N) is 1. The van der Waals surface area contributed by atoms with Crippen molar-refractivity contribution in [3.05, 3.63) is 69.2 Å². The van der Waals surface area contributed by atoms with Crippen molar-refractivity contribution in [1.29, 1.82) is 0 Å². The highest BCUT2D eigenvalue weighted by Gasteiger charge is 2.20. The number of amides is 1. The molecule has 7 nitrogen and oxygen atoms in total. The second-order valence-electron chi connectivity index (χ2n) is 6.44. The first-order chi connectivity index (χ1) is 14.0. The van der Waals surface area contributed by atoms with Gasteiger partial charge in [0.2, 0.25) is 0 Å². The number of hydrogen-bond acceptors (Lipinski definition) is 7. The van der Waals surface area contributed by atoms with Crippen molar-refractivity contribution in [2.45, 2.75) is 32.9 Å². The van der Waals surface area contributed by atoms with Crippen LogP contribution >= 0.6 is 11.3 Å². The summed E-state index contributed by atoms with van der Waals surface area (Å²) in [5.41, 5.74) is 2.18. The average Bonchev–Trinajstić information content (AvgIpc) is 3.37. The van der Waals surface area contributed by atoms with Gasteiger partial charge in [-0.25, -0.2) is 0 Å². The Morgan fingerprint density at radius 1 is 1.21 bits per heavy atom. The van der Waals surface area contributed by atoms with E-state index >= 15 is 0 Å². The molecule has 0 spiro atoms. The van der Waals surface area contributed by atoms with Crippen LogP contribution in [-0.4, -0.2) is 24.1 Å². The number of carbonyl (C=O) groups is 2. The van der Waals surface area contributed by atoms with Crippen LogP contribution in [0.3, 0.4) is 0 Å². The zero-order valence-corrected chi connectivity index (χ0v) is 17.2. The number of esters is 1. The Kier molecular flexibility index (Phi) is 6.66. The van der Waals surface area contributed by atoms with Crippen molar-refractivity contribution in [1.82, 2.24) is 10.5 Å². The van der Waals surface area contributed by atoms with E-state index < -0.39 is 6.04 Å². The number of nitrogens with one attached hydrogen (secondary N) is 1. The maximum Gasteiger partial charge on any atom is 0.307 e. The number of aryl methyl sites for hydroxylation is 2. The normalized spacial score (nSPS) is 11.7. The Hall–Kier alpha value is -3.13. The van der Waals surface area contributed by atoms with Crippen LogP contribution in [0.15, 0.2) is 46.3 Å². The molecular weight excluding hydrogens is 392 g/mol. The lowest BCUT2D eigenvalue weighted by molar-refractivity contribution is -0.141. The average molecular weight is 414 g/mol. The van der Waals surface area contributed by atoms with Gasteiger partial charge in [-0.1, -0.05) is 11.2 Å². The molecule has 3 aromatic rings. The highest BCUT2D eigenvalue weighted by Crippen LogP contribution is 2.23. The van der Waals surface area contributed by atoms with Crippen molar-refractivity contribution in [2.24, 2.45) is 0 Å². The highest BCUT2D eigenvalue weighted by molar-refractivity contribution is 7.10. The lowest BCUT2D eigenvalue weighted by Crippen LogP contribution is -2.30. The molecule has 1 aromatic carbocycles. The number of thiophene rings is 1. The van der Waals surface area contributed by atoms with Crippen molar-refractivity contribution in [2.75, 3.05) is 7.11 Å². The van der Waals surface area contributed by atoms with Gasteiger partial charge < -0.3 is 19.3 Å². The van der Waals surface area contributed by atoms with Gasteiger partial charge in [-0.05, 0) is 49.6 Å². The molecule has 0 unspecified atom stereocenters. The first kappa shape index (κ1) is 20.6. The Balaban J connectivity index is 1.63. The molecule has 2 heterocycles. The van der Waals surface area contributed by atoms with Crippen molar-refractivity contribution >= 4 is 23.2 Å². The summed E-state index contributed by atoms with van der Waals surface area (Å²) in [6.07, 6.45) is 0.0708. The summed E-state index contributed by atoms with van der Waals surface area (Å²) in [5.74, 6) is 0.700. The minimum atomic E-state index is -0.439. The molecule has 0 saturated carbocycles. The number of aromatic nitrogens is 1. The number of methoxy groups -OCH3 is 1. The quantitative estimate of drug-likeness (QED) is 0.561. The van der Waals surface area contributed by atoms with Gasteiger partial charge in [0.25, 0.3) is 5.91 Å². The lowest BCUT2D eigenvalue weighted by Gasteiger charge is -2.16. The van der Waals surface area contributed by atoms with E-state index in [1.54, 1.807) is 24.3 Å². The third kappa shape index (κ3) is 5.23. The standard InChI is InChI=1S/C21H22N2O5S/c1-13-17(14(2)28-23-13)12-27-16-8-6-15(7-9-16)21(25)22-18(11-20(24)26-3)19-5-4-10-29-19/h4-10,18H,11-12H2,1-3H3,(H,22,25)/t18-/m1/s1. The number of hydrogen-bond donors (Lipinski definition) is 1. The van der Waals surface area contributed by atoms with E-state index in [9.17, 15) is 9.59 Å². The first-order valence-electron chi connectivity index (χ1n) is 9.03. The number of carbonyl (C=O) groups excluding carboxylic acids is 2. The Morgan fingerprint density at radius 2 is 1.97 bits per heavy atom. The Bertz CT molecular complexity index is 944. The van der Waals surface area contributed by atoms with Crippen LogP contribution in [0.2, 0.25) is 0 Å². The summed E-state index contributed by atoms with van der Waals surface area (Å²) in [5, 5.41) is 8.70. The second kappa shape index (κ2) is 9.38. The molecule has 0 bridgehead atoms. The molecule has 1 amide bonds. The van der Waals surface area contributed by atoms with E-state index in [2.05, 4.69) is 10.5 Å². The fourth-order valence-electron chi connectivity index (χ4n) is 2.77. The molecule has 0 radical (unpaired) electrons. The van der Waals surface area contributed by atoms with Gasteiger partial charge in [0, 0.05) is 10.4 Å². The van der Waals surface area contributed by atoms with Gasteiger partial charge >= 0.3 is 5.97 Å². The second-order valence-corrected chi connectivity index (χ2v) is 7.42. The summed E-state index contributed by atoms with van der Waals surface area (Å²) in [7, 11) is 1.33. The summed E-state index contributed by atoms with van der Waals surface area (Å²) in [4.78, 5) is 25.2. The molecule has 0 fully saturated rings. The van der Waals surface area contributed by atoms with Crippen LogP contribution in [0.5, 0.6) is 5.75 Å². The molecular formula is C21H22N2O5S. The van der Waals surface area contributed by atoms with E-state index in [1.165, 1.54) is 18.4 Å². The molecule has 8 heteroatoms. The third-order valence-corrected chi connectivity index (χ3v) is 5.46. The van der Waals surface area contributed by atoms with Crippen LogP contribution in [0, 0.1) is 13.8 Å². The maximum atomic E-state index is 12.6. The highest BCUT2D eigenvalue weighted by atomic mass is 32.1. The minimum Gasteiger partial charge on any atom is -0.489 e. The fourth-order valence-corrected chi connectivity index (χ4v) is 3.55. The SMILES string of the molecule is COC(=O)C[C@@H](NC(=O)c1ccc(OCc2c(C)noc2C)cc1)c1cccs1. The maximum absolute atomic E-state index is 12.6. The molecule has 2 aromatic heterocycles. The van der Waals surface area contributed by atoms with Gasteiger partial charge in [-0.3, -0.25) is 9.59 Å². The Labute approximate surface area is 172 Å². The molecule has 1 N–H and O–H groups in total. The fraction of sp³-hybridized carbons (Fsp3) is 0.286. The predicted octanol–water partition coefficient (Wildman–Crippen LogP) is 3.97. The van der Waals surface area contributed by atoms with Gasteiger partial charge in [0.1, 0.15) is 18.1 Å². The van der Waals surface area contributed by atoms with Crippen molar-refractivity contribution in [3.63, 3.8) is 0 Å². The van der Waals surface area contributed by atoms with Gasteiger partial charge in [-0.2, -0.15) is 0 Å². The summed E-state index contributed by atoms with van der Waals surface area (Å²) in [6.45, 7) is 4.04. The predicted molar refractivity (Wildman–Crippen MR) is 108 cm³/mol.